The van der Waals surface area contributed by atoms with Crippen LogP contribution in [0.1, 0.15) is 5.56 Å². The van der Waals surface area contributed by atoms with E-state index in [0.29, 0.717) is 23.8 Å². The zero-order chi connectivity index (χ0) is 20.5. The molecule has 0 aliphatic carbocycles. The second-order valence-corrected chi connectivity index (χ2v) is 6.27. The van der Waals surface area contributed by atoms with E-state index in [2.05, 4.69) is 10.6 Å². The van der Waals surface area contributed by atoms with Gasteiger partial charge >= 0.3 is 0 Å². The molecule has 0 heterocycles. The maximum atomic E-state index is 12.2. The van der Waals surface area contributed by atoms with Crippen molar-refractivity contribution in [1.29, 1.82) is 0 Å². The monoisotopic (exact) mass is 392 g/mol. The molecule has 29 heavy (non-hydrogen) atoms. The topological polar surface area (TPSA) is 68.8 Å². The molecule has 0 aromatic heterocycles. The Morgan fingerprint density at radius 1 is 0.828 bits per heavy atom. The van der Waals surface area contributed by atoms with Crippen LogP contribution in [0.15, 0.2) is 72.8 Å². The molecule has 0 saturated heterocycles. The lowest BCUT2D eigenvalue weighted by atomic mass is 10.2. The molecule has 0 fully saturated rings. The van der Waals surface area contributed by atoms with Gasteiger partial charge in [0.25, 0.3) is 0 Å². The normalized spacial score (nSPS) is 10.1. The summed E-state index contributed by atoms with van der Waals surface area (Å²) in [6.07, 6.45) is 0. The molecule has 150 valence electrons. The van der Waals surface area contributed by atoms with Gasteiger partial charge in [-0.2, -0.15) is 0 Å². The van der Waals surface area contributed by atoms with Crippen LogP contribution in [0.4, 0.5) is 11.4 Å². The first kappa shape index (κ1) is 20.1. The minimum atomic E-state index is -0.155. The van der Waals surface area contributed by atoms with E-state index in [1.165, 1.54) is 0 Å². The van der Waals surface area contributed by atoms with Gasteiger partial charge in [0, 0.05) is 17.4 Å². The summed E-state index contributed by atoms with van der Waals surface area (Å²) in [5, 5.41) is 5.92. The molecule has 3 aromatic carbocycles. The highest BCUT2D eigenvalue weighted by Crippen LogP contribution is 2.29. The predicted octanol–water partition coefficient (Wildman–Crippen LogP) is 4.33. The second-order valence-electron chi connectivity index (χ2n) is 6.27. The molecule has 2 N–H and O–H groups in total. The lowest BCUT2D eigenvalue weighted by Gasteiger charge is -2.12. The first-order valence-corrected chi connectivity index (χ1v) is 9.20. The summed E-state index contributed by atoms with van der Waals surface area (Å²) in [6.45, 7) is 0.629. The number of methoxy groups -OCH3 is 2. The Balaban J connectivity index is 1.48. The van der Waals surface area contributed by atoms with Crippen molar-refractivity contribution in [2.45, 2.75) is 6.61 Å². The first-order chi connectivity index (χ1) is 14.2. The van der Waals surface area contributed by atoms with Crippen molar-refractivity contribution in [1.82, 2.24) is 0 Å². The summed E-state index contributed by atoms with van der Waals surface area (Å²) in [7, 11) is 3.15. The lowest BCUT2D eigenvalue weighted by molar-refractivity contribution is -0.114. The number of ether oxygens (including phenoxy) is 3. The fraction of sp³-hybridized carbons (Fsp3) is 0.174. The highest BCUT2D eigenvalue weighted by atomic mass is 16.5. The number of hydrogen-bond donors (Lipinski definition) is 2. The Bertz CT molecular complexity index is 927. The molecule has 6 heteroatoms. The number of anilines is 2. The van der Waals surface area contributed by atoms with Gasteiger partial charge in [0.15, 0.2) is 11.5 Å². The number of benzene rings is 3. The van der Waals surface area contributed by atoms with Gasteiger partial charge in [0.05, 0.1) is 20.8 Å². The van der Waals surface area contributed by atoms with Crippen molar-refractivity contribution < 1.29 is 19.0 Å². The number of amides is 1. The molecule has 3 rings (SSSR count). The van der Waals surface area contributed by atoms with Crippen molar-refractivity contribution in [3.63, 3.8) is 0 Å². The lowest BCUT2D eigenvalue weighted by Crippen LogP contribution is -2.21. The molecule has 0 saturated carbocycles. The number of hydrogen-bond acceptors (Lipinski definition) is 5. The van der Waals surface area contributed by atoms with Crippen LogP contribution >= 0.6 is 0 Å². The average molecular weight is 392 g/mol. The van der Waals surface area contributed by atoms with Crippen LogP contribution < -0.4 is 24.8 Å². The summed E-state index contributed by atoms with van der Waals surface area (Å²) < 4.78 is 16.2. The average Bonchev–Trinajstić information content (AvgIpc) is 2.77. The molecule has 1 amide bonds. The maximum Gasteiger partial charge on any atom is 0.243 e. The molecule has 6 nitrogen and oxygen atoms in total. The molecular weight excluding hydrogens is 368 g/mol. The van der Waals surface area contributed by atoms with Crippen LogP contribution in [0, 0.1) is 0 Å². The van der Waals surface area contributed by atoms with E-state index in [1.54, 1.807) is 26.4 Å². The van der Waals surface area contributed by atoms with Crippen LogP contribution in [0.3, 0.4) is 0 Å². The second kappa shape index (κ2) is 10.0. The van der Waals surface area contributed by atoms with Gasteiger partial charge in [0.1, 0.15) is 12.4 Å². The Morgan fingerprint density at radius 2 is 1.52 bits per heavy atom. The van der Waals surface area contributed by atoms with Crippen molar-refractivity contribution in [3.8, 4) is 17.2 Å². The smallest absolute Gasteiger partial charge is 0.243 e. The van der Waals surface area contributed by atoms with Crippen LogP contribution in [0.2, 0.25) is 0 Å². The Labute approximate surface area is 170 Å². The quantitative estimate of drug-likeness (QED) is 0.567. The van der Waals surface area contributed by atoms with E-state index in [1.807, 2.05) is 60.7 Å². The molecule has 3 aromatic rings. The minimum absolute atomic E-state index is 0.127. The predicted molar refractivity (Wildman–Crippen MR) is 114 cm³/mol. The fourth-order valence-electron chi connectivity index (χ4n) is 2.71. The third kappa shape index (κ3) is 5.90. The molecule has 0 spiro atoms. The van der Waals surface area contributed by atoms with Crippen molar-refractivity contribution >= 4 is 17.3 Å². The summed E-state index contributed by atoms with van der Waals surface area (Å²) in [4.78, 5) is 12.2. The summed E-state index contributed by atoms with van der Waals surface area (Å²) in [5.41, 5.74) is 2.57. The largest absolute Gasteiger partial charge is 0.493 e. The van der Waals surface area contributed by atoms with Gasteiger partial charge in [-0.15, -0.1) is 0 Å². The van der Waals surface area contributed by atoms with E-state index < -0.39 is 0 Å². The van der Waals surface area contributed by atoms with E-state index in [9.17, 15) is 4.79 Å². The van der Waals surface area contributed by atoms with Crippen molar-refractivity contribution in [2.24, 2.45) is 0 Å². The molecule has 0 unspecified atom stereocenters. The van der Waals surface area contributed by atoms with Crippen LogP contribution in [-0.2, 0) is 11.4 Å². The third-order valence-corrected chi connectivity index (χ3v) is 4.22. The van der Waals surface area contributed by atoms with Gasteiger partial charge in [-0.3, -0.25) is 4.79 Å². The van der Waals surface area contributed by atoms with Crippen LogP contribution in [-0.4, -0.2) is 26.7 Å². The fourth-order valence-corrected chi connectivity index (χ4v) is 2.71. The summed E-state index contributed by atoms with van der Waals surface area (Å²) in [5.74, 6) is 1.83. The molecule has 0 aliphatic heterocycles. The molecule has 0 bridgehead atoms. The number of carbonyl (C=O) groups excluding carboxylic acids is 1. The Morgan fingerprint density at radius 3 is 2.21 bits per heavy atom. The highest BCUT2D eigenvalue weighted by Gasteiger charge is 2.07. The van der Waals surface area contributed by atoms with E-state index in [4.69, 9.17) is 14.2 Å². The Kier molecular flexibility index (Phi) is 6.95. The van der Waals surface area contributed by atoms with Gasteiger partial charge in [-0.25, -0.2) is 0 Å². The van der Waals surface area contributed by atoms with E-state index >= 15 is 0 Å². The number of carbonyl (C=O) groups is 1. The third-order valence-electron chi connectivity index (χ3n) is 4.22. The molecule has 0 aliphatic rings. The van der Waals surface area contributed by atoms with Crippen molar-refractivity contribution in [2.75, 3.05) is 31.4 Å². The molecule has 0 atom stereocenters. The zero-order valence-electron chi connectivity index (χ0n) is 16.5. The van der Waals surface area contributed by atoms with Gasteiger partial charge in [-0.1, -0.05) is 30.3 Å². The van der Waals surface area contributed by atoms with Crippen LogP contribution in [0.5, 0.6) is 17.2 Å². The van der Waals surface area contributed by atoms with E-state index in [0.717, 1.165) is 17.0 Å². The zero-order valence-corrected chi connectivity index (χ0v) is 16.5. The summed E-state index contributed by atoms with van der Waals surface area (Å²) >= 11 is 0. The molecular formula is C23H24N2O4. The Hall–Kier alpha value is -3.67. The minimum Gasteiger partial charge on any atom is -0.493 e. The van der Waals surface area contributed by atoms with Crippen molar-refractivity contribution in [3.05, 3.63) is 78.4 Å². The maximum absolute atomic E-state index is 12.2. The highest BCUT2D eigenvalue weighted by molar-refractivity contribution is 5.93. The van der Waals surface area contributed by atoms with Gasteiger partial charge < -0.3 is 24.8 Å². The first-order valence-electron chi connectivity index (χ1n) is 9.20. The molecule has 0 radical (unpaired) electrons. The van der Waals surface area contributed by atoms with E-state index in [-0.39, 0.29) is 12.5 Å². The number of nitrogens with one attached hydrogen (secondary N) is 2. The van der Waals surface area contributed by atoms with Gasteiger partial charge in [0.2, 0.25) is 5.91 Å². The summed E-state index contributed by atoms with van der Waals surface area (Å²) in [6, 6.07) is 22.7. The van der Waals surface area contributed by atoms with Gasteiger partial charge in [-0.05, 0) is 42.0 Å². The SMILES string of the molecule is COc1ccc(NCC(=O)Nc2ccc(OCc3ccccc3)cc2)cc1OC. The standard InChI is InChI=1S/C23H24N2O4/c1-27-21-13-10-19(14-22(21)28-2)24-15-23(26)25-18-8-11-20(12-9-18)29-16-17-6-4-3-5-7-17/h3-14,24H,15-16H2,1-2H3,(H,25,26). The number of rotatable bonds is 9. The van der Waals surface area contributed by atoms with Crippen LogP contribution in [0.25, 0.3) is 0 Å².